The number of hydrogen-bond acceptors (Lipinski definition) is 3. The van der Waals surface area contributed by atoms with E-state index < -0.39 is 0 Å². The van der Waals surface area contributed by atoms with Crippen molar-refractivity contribution in [2.24, 2.45) is 4.99 Å². The van der Waals surface area contributed by atoms with E-state index in [9.17, 15) is 0 Å². The van der Waals surface area contributed by atoms with E-state index in [1.54, 1.807) is 7.11 Å². The predicted molar refractivity (Wildman–Crippen MR) is 122 cm³/mol. The van der Waals surface area contributed by atoms with Crippen molar-refractivity contribution in [3.63, 3.8) is 0 Å². The van der Waals surface area contributed by atoms with Gasteiger partial charge in [-0.1, -0.05) is 56.2 Å². The minimum atomic E-state index is 0.774. The standard InChI is InChI=1S/C26H29NO2/c1-4-5-6-19-29-26-17-13-24(14-18-26)27-20(2)21-7-9-22(10-8-21)23-11-15-25(28-3)16-12-23/h7-18H,4-6,19H2,1-3H3. The minimum absolute atomic E-state index is 0.774. The highest BCUT2D eigenvalue weighted by molar-refractivity contribution is 6.00. The zero-order chi connectivity index (χ0) is 20.5. The van der Waals surface area contributed by atoms with Crippen LogP contribution in [-0.4, -0.2) is 19.4 Å². The van der Waals surface area contributed by atoms with Crippen LogP contribution < -0.4 is 9.47 Å². The smallest absolute Gasteiger partial charge is 0.119 e. The summed E-state index contributed by atoms with van der Waals surface area (Å²) in [4.78, 5) is 4.75. The summed E-state index contributed by atoms with van der Waals surface area (Å²) in [5, 5.41) is 0. The van der Waals surface area contributed by atoms with Crippen LogP contribution in [0.1, 0.15) is 38.7 Å². The van der Waals surface area contributed by atoms with Gasteiger partial charge in [-0.25, -0.2) is 0 Å². The molecular weight excluding hydrogens is 358 g/mol. The van der Waals surface area contributed by atoms with Gasteiger partial charge in [-0.3, -0.25) is 4.99 Å². The molecule has 3 aromatic rings. The van der Waals surface area contributed by atoms with Gasteiger partial charge in [-0.15, -0.1) is 0 Å². The maximum Gasteiger partial charge on any atom is 0.119 e. The van der Waals surface area contributed by atoms with Crippen molar-refractivity contribution < 1.29 is 9.47 Å². The molecule has 0 heterocycles. The highest BCUT2D eigenvalue weighted by Crippen LogP contribution is 2.24. The fourth-order valence-corrected chi connectivity index (χ4v) is 3.10. The topological polar surface area (TPSA) is 30.8 Å². The molecule has 0 N–H and O–H groups in total. The first-order valence-electron chi connectivity index (χ1n) is 10.2. The molecule has 3 nitrogen and oxygen atoms in total. The molecule has 3 heteroatoms. The van der Waals surface area contributed by atoms with Crippen LogP contribution in [0.4, 0.5) is 5.69 Å². The number of hydrogen-bond donors (Lipinski definition) is 0. The Morgan fingerprint density at radius 3 is 1.93 bits per heavy atom. The quantitative estimate of drug-likeness (QED) is 0.290. The second kappa shape index (κ2) is 10.5. The van der Waals surface area contributed by atoms with Crippen molar-refractivity contribution >= 4 is 11.4 Å². The van der Waals surface area contributed by atoms with E-state index in [1.165, 1.54) is 24.0 Å². The van der Waals surface area contributed by atoms with Crippen LogP contribution in [0.3, 0.4) is 0 Å². The molecule has 0 fully saturated rings. The molecule has 3 aromatic carbocycles. The van der Waals surface area contributed by atoms with Gasteiger partial charge >= 0.3 is 0 Å². The molecule has 0 unspecified atom stereocenters. The molecule has 3 rings (SSSR count). The van der Waals surface area contributed by atoms with Crippen LogP contribution in [0.25, 0.3) is 11.1 Å². The van der Waals surface area contributed by atoms with Crippen LogP contribution >= 0.6 is 0 Å². The number of unbranched alkanes of at least 4 members (excludes halogenated alkanes) is 2. The van der Waals surface area contributed by atoms with Gasteiger partial charge in [0.15, 0.2) is 0 Å². The normalized spacial score (nSPS) is 11.3. The zero-order valence-corrected chi connectivity index (χ0v) is 17.5. The molecule has 0 atom stereocenters. The second-order valence-corrected chi connectivity index (χ2v) is 7.05. The van der Waals surface area contributed by atoms with Crippen LogP contribution in [0, 0.1) is 0 Å². The minimum Gasteiger partial charge on any atom is -0.497 e. The van der Waals surface area contributed by atoms with E-state index >= 15 is 0 Å². The van der Waals surface area contributed by atoms with E-state index in [0.29, 0.717) is 0 Å². The Morgan fingerprint density at radius 2 is 1.34 bits per heavy atom. The van der Waals surface area contributed by atoms with Crippen LogP contribution in [-0.2, 0) is 0 Å². The number of methoxy groups -OCH3 is 1. The molecule has 0 saturated carbocycles. The van der Waals surface area contributed by atoms with Gasteiger partial charge in [0, 0.05) is 5.71 Å². The van der Waals surface area contributed by atoms with Crippen molar-refractivity contribution in [2.75, 3.05) is 13.7 Å². The molecule has 29 heavy (non-hydrogen) atoms. The van der Waals surface area contributed by atoms with Gasteiger partial charge in [0.1, 0.15) is 11.5 Å². The third kappa shape index (κ3) is 5.95. The van der Waals surface area contributed by atoms with Gasteiger partial charge in [-0.2, -0.15) is 0 Å². The molecule has 0 aliphatic heterocycles. The molecule has 0 bridgehead atoms. The molecule has 150 valence electrons. The van der Waals surface area contributed by atoms with Crippen molar-refractivity contribution in [2.45, 2.75) is 33.1 Å². The third-order valence-electron chi connectivity index (χ3n) is 4.88. The Kier molecular flexibility index (Phi) is 7.46. The molecule has 0 radical (unpaired) electrons. The summed E-state index contributed by atoms with van der Waals surface area (Å²) in [6.07, 6.45) is 3.51. The van der Waals surface area contributed by atoms with E-state index in [2.05, 4.69) is 43.3 Å². The lowest BCUT2D eigenvalue weighted by atomic mass is 10.0. The van der Waals surface area contributed by atoms with Crippen molar-refractivity contribution in [1.82, 2.24) is 0 Å². The third-order valence-corrected chi connectivity index (χ3v) is 4.88. The van der Waals surface area contributed by atoms with Crippen molar-refractivity contribution in [1.29, 1.82) is 0 Å². The lowest BCUT2D eigenvalue weighted by Gasteiger charge is -2.07. The number of benzene rings is 3. The highest BCUT2D eigenvalue weighted by atomic mass is 16.5. The zero-order valence-electron chi connectivity index (χ0n) is 17.5. The number of ether oxygens (including phenoxy) is 2. The van der Waals surface area contributed by atoms with E-state index in [-0.39, 0.29) is 0 Å². The number of aliphatic imine (C=N–C) groups is 1. The molecular formula is C26H29NO2. The summed E-state index contributed by atoms with van der Waals surface area (Å²) < 4.78 is 11.0. The first-order chi connectivity index (χ1) is 14.2. The fourth-order valence-electron chi connectivity index (χ4n) is 3.10. The maximum atomic E-state index is 5.77. The Bertz CT molecular complexity index is 910. The highest BCUT2D eigenvalue weighted by Gasteiger charge is 2.02. The summed E-state index contributed by atoms with van der Waals surface area (Å²) in [6, 6.07) is 24.6. The maximum absolute atomic E-state index is 5.77. The van der Waals surface area contributed by atoms with Crippen LogP contribution in [0.15, 0.2) is 77.8 Å². The monoisotopic (exact) mass is 387 g/mol. The summed E-state index contributed by atoms with van der Waals surface area (Å²) in [5.41, 5.74) is 5.38. The largest absolute Gasteiger partial charge is 0.497 e. The molecule has 0 aliphatic carbocycles. The van der Waals surface area contributed by atoms with Crippen molar-refractivity contribution in [3.8, 4) is 22.6 Å². The molecule has 0 amide bonds. The first kappa shape index (κ1) is 20.7. The fraction of sp³-hybridized carbons (Fsp3) is 0.269. The first-order valence-corrected chi connectivity index (χ1v) is 10.2. The predicted octanol–water partition coefficient (Wildman–Crippen LogP) is 7.07. The van der Waals surface area contributed by atoms with Crippen LogP contribution in [0.2, 0.25) is 0 Å². The van der Waals surface area contributed by atoms with E-state index in [0.717, 1.165) is 41.5 Å². The number of nitrogens with zero attached hydrogens (tertiary/aromatic N) is 1. The lowest BCUT2D eigenvalue weighted by molar-refractivity contribution is 0.306. The van der Waals surface area contributed by atoms with Gasteiger partial charge in [0.25, 0.3) is 0 Å². The molecule has 0 saturated heterocycles. The van der Waals surface area contributed by atoms with Gasteiger partial charge in [0.2, 0.25) is 0 Å². The Balaban J connectivity index is 1.64. The average Bonchev–Trinajstić information content (AvgIpc) is 2.78. The summed E-state index contributed by atoms with van der Waals surface area (Å²) in [5.74, 6) is 1.77. The van der Waals surface area contributed by atoms with Crippen LogP contribution in [0.5, 0.6) is 11.5 Å². The second-order valence-electron chi connectivity index (χ2n) is 7.05. The van der Waals surface area contributed by atoms with Gasteiger partial charge in [-0.05, 0) is 66.4 Å². The Morgan fingerprint density at radius 1 is 0.759 bits per heavy atom. The van der Waals surface area contributed by atoms with Gasteiger partial charge < -0.3 is 9.47 Å². The summed E-state index contributed by atoms with van der Waals surface area (Å²) >= 11 is 0. The lowest BCUT2D eigenvalue weighted by Crippen LogP contribution is -1.96. The Labute approximate surface area is 174 Å². The summed E-state index contributed by atoms with van der Waals surface area (Å²) in [6.45, 7) is 5.01. The number of rotatable bonds is 9. The van der Waals surface area contributed by atoms with E-state index in [1.807, 2.05) is 43.3 Å². The molecule has 0 aromatic heterocycles. The summed E-state index contributed by atoms with van der Waals surface area (Å²) in [7, 11) is 1.68. The van der Waals surface area contributed by atoms with Crippen molar-refractivity contribution in [3.05, 3.63) is 78.4 Å². The molecule has 0 spiro atoms. The molecule has 0 aliphatic rings. The van der Waals surface area contributed by atoms with E-state index in [4.69, 9.17) is 14.5 Å². The Hall–Kier alpha value is -3.07. The average molecular weight is 388 g/mol. The SMILES string of the molecule is CCCCCOc1ccc(N=C(C)c2ccc(-c3ccc(OC)cc3)cc2)cc1. The van der Waals surface area contributed by atoms with Gasteiger partial charge in [0.05, 0.1) is 19.4 Å².